The minimum atomic E-state index is -4.48. The number of halogens is 4. The second kappa shape index (κ2) is 5.95. The summed E-state index contributed by atoms with van der Waals surface area (Å²) < 4.78 is 38.1. The maximum Gasteiger partial charge on any atom is 0.416 e. The molecule has 3 nitrogen and oxygen atoms in total. The van der Waals surface area contributed by atoms with E-state index in [1.54, 1.807) is 12.1 Å². The van der Waals surface area contributed by atoms with Crippen LogP contribution in [0.4, 0.5) is 13.2 Å². The Kier molecular flexibility index (Phi) is 4.43. The Morgan fingerprint density at radius 2 is 1.95 bits per heavy atom. The normalized spacial score (nSPS) is 11.4. The second-order valence-corrected chi connectivity index (χ2v) is 5.54. The summed E-state index contributed by atoms with van der Waals surface area (Å²) in [5.41, 5.74) is 4.54. The van der Waals surface area contributed by atoms with Gasteiger partial charge in [0.25, 0.3) is 0 Å². The molecule has 0 fully saturated rings. The van der Waals surface area contributed by atoms with E-state index in [4.69, 9.17) is 22.7 Å². The van der Waals surface area contributed by atoms with Crippen LogP contribution in [0.1, 0.15) is 11.1 Å². The molecule has 0 unspecified atom stereocenters. The van der Waals surface area contributed by atoms with Gasteiger partial charge < -0.3 is 5.73 Å². The number of rotatable bonds is 3. The zero-order valence-electron chi connectivity index (χ0n) is 10.4. The summed E-state index contributed by atoms with van der Waals surface area (Å²) >= 11 is 6.83. The van der Waals surface area contributed by atoms with Gasteiger partial charge in [-0.25, -0.2) is 4.98 Å². The number of hydrogen-bond donors (Lipinski definition) is 2. The Balaban J connectivity index is 2.39. The highest BCUT2D eigenvalue weighted by atomic mass is 35.5. The zero-order chi connectivity index (χ0) is 15.6. The van der Waals surface area contributed by atoms with Crippen LogP contribution in [0.2, 0.25) is 5.02 Å². The number of alkyl halides is 3. The Labute approximate surface area is 127 Å². The van der Waals surface area contributed by atoms with Gasteiger partial charge in [0.1, 0.15) is 10.9 Å². The van der Waals surface area contributed by atoms with E-state index in [1.807, 2.05) is 0 Å². The number of pyridine rings is 1. The molecule has 1 heterocycles. The zero-order valence-corrected chi connectivity index (χ0v) is 12.0. The molecule has 0 bridgehead atoms. The molecule has 0 saturated carbocycles. The van der Waals surface area contributed by atoms with Crippen molar-refractivity contribution < 1.29 is 13.2 Å². The van der Waals surface area contributed by atoms with Crippen molar-refractivity contribution in [3.8, 4) is 0 Å². The summed E-state index contributed by atoms with van der Waals surface area (Å²) in [6.07, 6.45) is -3.05. The van der Waals surface area contributed by atoms with E-state index in [0.717, 1.165) is 23.9 Å². The van der Waals surface area contributed by atoms with Gasteiger partial charge in [0.05, 0.1) is 10.6 Å². The average molecular weight is 332 g/mol. The van der Waals surface area contributed by atoms with E-state index in [2.05, 4.69) is 4.98 Å². The molecule has 2 rings (SSSR count). The Hall–Kier alpha value is -1.73. The molecule has 0 amide bonds. The minimum Gasteiger partial charge on any atom is -0.384 e. The first-order chi connectivity index (χ1) is 9.77. The largest absolute Gasteiger partial charge is 0.416 e. The fraction of sp³-hybridized carbons (Fsp3) is 0.0769. The highest BCUT2D eigenvalue weighted by Gasteiger charge is 2.31. The third kappa shape index (κ3) is 3.89. The molecule has 2 aromatic rings. The maximum atomic E-state index is 12.7. The fourth-order valence-electron chi connectivity index (χ4n) is 1.54. The number of hydrogen-bond acceptors (Lipinski definition) is 3. The lowest BCUT2D eigenvalue weighted by Crippen LogP contribution is -2.15. The van der Waals surface area contributed by atoms with Gasteiger partial charge in [0.15, 0.2) is 0 Å². The van der Waals surface area contributed by atoms with Gasteiger partial charge in [-0.3, -0.25) is 5.41 Å². The van der Waals surface area contributed by atoms with Gasteiger partial charge in [-0.1, -0.05) is 23.4 Å². The van der Waals surface area contributed by atoms with Crippen LogP contribution in [0.5, 0.6) is 0 Å². The van der Waals surface area contributed by atoms with Crippen LogP contribution < -0.4 is 5.73 Å². The van der Waals surface area contributed by atoms with E-state index >= 15 is 0 Å². The molecule has 8 heteroatoms. The lowest BCUT2D eigenvalue weighted by Gasteiger charge is -2.12. The first-order valence-electron chi connectivity index (χ1n) is 5.62. The standard InChI is InChI=1S/C13H9ClF3N3S/c14-8-2-4-11(20-6-8)21-10-3-1-7(13(15,16)17)5-9(10)12(18)19/h1-6H,(H3,18,19). The van der Waals surface area contributed by atoms with Crippen LogP contribution in [-0.2, 0) is 6.18 Å². The SMILES string of the molecule is N=C(N)c1cc(C(F)(F)F)ccc1Sc1ccc(Cl)cn1. The predicted octanol–water partition coefficient (Wildman–Crippen LogP) is 4.19. The Bertz CT molecular complexity index is 671. The number of nitrogens with zero attached hydrogens (tertiary/aromatic N) is 1. The lowest BCUT2D eigenvalue weighted by atomic mass is 10.1. The van der Waals surface area contributed by atoms with Crippen LogP contribution in [0.3, 0.4) is 0 Å². The van der Waals surface area contributed by atoms with Gasteiger partial charge in [-0.2, -0.15) is 13.2 Å². The number of nitrogen functional groups attached to an aromatic ring is 1. The molecule has 1 aromatic carbocycles. The van der Waals surface area contributed by atoms with Crippen molar-refractivity contribution in [2.45, 2.75) is 16.1 Å². The lowest BCUT2D eigenvalue weighted by molar-refractivity contribution is -0.137. The number of benzene rings is 1. The first kappa shape index (κ1) is 15.7. The Morgan fingerprint density at radius 1 is 1.24 bits per heavy atom. The van der Waals surface area contributed by atoms with Gasteiger partial charge in [0.2, 0.25) is 0 Å². The molecule has 0 aliphatic rings. The number of nitrogens with one attached hydrogen (secondary N) is 1. The van der Waals surface area contributed by atoms with Crippen LogP contribution in [0.25, 0.3) is 0 Å². The third-order valence-electron chi connectivity index (χ3n) is 2.51. The van der Waals surface area contributed by atoms with Crippen LogP contribution >= 0.6 is 23.4 Å². The molecular formula is C13H9ClF3N3S. The molecule has 21 heavy (non-hydrogen) atoms. The molecule has 0 radical (unpaired) electrons. The van der Waals surface area contributed by atoms with Crippen molar-refractivity contribution in [1.29, 1.82) is 5.41 Å². The van der Waals surface area contributed by atoms with Crippen LogP contribution in [0, 0.1) is 5.41 Å². The van der Waals surface area contributed by atoms with Crippen molar-refractivity contribution in [2.75, 3.05) is 0 Å². The van der Waals surface area contributed by atoms with Crippen LogP contribution in [-0.4, -0.2) is 10.8 Å². The molecule has 0 atom stereocenters. The van der Waals surface area contributed by atoms with E-state index in [-0.39, 0.29) is 5.56 Å². The van der Waals surface area contributed by atoms with Crippen molar-refractivity contribution in [2.24, 2.45) is 5.73 Å². The minimum absolute atomic E-state index is 0.0200. The third-order valence-corrected chi connectivity index (χ3v) is 3.76. The number of amidine groups is 1. The molecule has 0 aliphatic carbocycles. The first-order valence-corrected chi connectivity index (χ1v) is 6.82. The number of aromatic nitrogens is 1. The van der Waals surface area contributed by atoms with Crippen molar-refractivity contribution in [1.82, 2.24) is 4.98 Å². The highest BCUT2D eigenvalue weighted by Crippen LogP contribution is 2.35. The second-order valence-electron chi connectivity index (χ2n) is 4.04. The van der Waals surface area contributed by atoms with Crippen LogP contribution in [0.15, 0.2) is 46.5 Å². The molecule has 0 aliphatic heterocycles. The topological polar surface area (TPSA) is 62.8 Å². The van der Waals surface area contributed by atoms with Crippen molar-refractivity contribution in [3.05, 3.63) is 52.7 Å². The van der Waals surface area contributed by atoms with Gasteiger partial charge in [0, 0.05) is 16.7 Å². The quantitative estimate of drug-likeness (QED) is 0.655. The molecule has 0 saturated heterocycles. The van der Waals surface area contributed by atoms with E-state index in [0.29, 0.717) is 14.9 Å². The summed E-state index contributed by atoms with van der Waals surface area (Å²) in [6.45, 7) is 0. The summed E-state index contributed by atoms with van der Waals surface area (Å²) in [6, 6.07) is 6.34. The van der Waals surface area contributed by atoms with E-state index in [1.165, 1.54) is 12.3 Å². The summed E-state index contributed by atoms with van der Waals surface area (Å²) in [7, 11) is 0. The average Bonchev–Trinajstić information content (AvgIpc) is 2.40. The summed E-state index contributed by atoms with van der Waals surface area (Å²) in [5.74, 6) is -0.433. The highest BCUT2D eigenvalue weighted by molar-refractivity contribution is 7.99. The van der Waals surface area contributed by atoms with E-state index < -0.39 is 17.6 Å². The van der Waals surface area contributed by atoms with E-state index in [9.17, 15) is 13.2 Å². The predicted molar refractivity (Wildman–Crippen MR) is 75.8 cm³/mol. The summed E-state index contributed by atoms with van der Waals surface area (Å²) in [4.78, 5) is 4.46. The molecule has 110 valence electrons. The Morgan fingerprint density at radius 3 is 2.48 bits per heavy atom. The summed E-state index contributed by atoms with van der Waals surface area (Å²) in [5, 5.41) is 8.43. The fourth-order valence-corrected chi connectivity index (χ4v) is 2.53. The van der Waals surface area contributed by atoms with Crippen molar-refractivity contribution >= 4 is 29.2 Å². The number of nitrogens with two attached hydrogens (primary N) is 1. The monoisotopic (exact) mass is 331 g/mol. The maximum absolute atomic E-state index is 12.7. The van der Waals surface area contributed by atoms with Crippen molar-refractivity contribution in [3.63, 3.8) is 0 Å². The molecule has 1 aromatic heterocycles. The van der Waals surface area contributed by atoms with Gasteiger partial charge in [-0.05, 0) is 30.3 Å². The smallest absolute Gasteiger partial charge is 0.384 e. The molecule has 3 N–H and O–H groups in total. The molecule has 0 spiro atoms. The van der Waals surface area contributed by atoms with Gasteiger partial charge in [-0.15, -0.1) is 0 Å². The van der Waals surface area contributed by atoms with Gasteiger partial charge >= 0.3 is 6.18 Å². The molecular weight excluding hydrogens is 323 g/mol.